The van der Waals surface area contributed by atoms with Crippen molar-refractivity contribution in [1.29, 1.82) is 0 Å². The number of aromatic amines is 2. The summed E-state index contributed by atoms with van der Waals surface area (Å²) in [5, 5.41) is 13.5. The van der Waals surface area contributed by atoms with Gasteiger partial charge in [-0.25, -0.2) is 4.98 Å². The van der Waals surface area contributed by atoms with Gasteiger partial charge in [0.2, 0.25) is 0 Å². The van der Waals surface area contributed by atoms with Gasteiger partial charge >= 0.3 is 0 Å². The molecule has 0 radical (unpaired) electrons. The van der Waals surface area contributed by atoms with E-state index in [-0.39, 0.29) is 5.56 Å². The van der Waals surface area contributed by atoms with Crippen LogP contribution in [-0.4, -0.2) is 31.9 Å². The topological polar surface area (TPSA) is 100 Å². The van der Waals surface area contributed by atoms with Crippen LogP contribution in [0.4, 0.5) is 11.6 Å². The zero-order valence-electron chi connectivity index (χ0n) is 19.4. The van der Waals surface area contributed by atoms with Crippen molar-refractivity contribution in [2.24, 2.45) is 0 Å². The highest BCUT2D eigenvalue weighted by atomic mass is 16.5. The molecule has 0 saturated carbocycles. The third-order valence-corrected chi connectivity index (χ3v) is 6.04. The van der Waals surface area contributed by atoms with Gasteiger partial charge in [-0.15, -0.1) is 0 Å². The predicted octanol–water partition coefficient (Wildman–Crippen LogP) is 5.50. The van der Waals surface area contributed by atoms with E-state index in [2.05, 4.69) is 20.6 Å². The molecule has 8 nitrogen and oxygen atoms in total. The van der Waals surface area contributed by atoms with Crippen molar-refractivity contribution in [1.82, 2.24) is 24.8 Å². The highest BCUT2D eigenvalue weighted by Crippen LogP contribution is 2.36. The summed E-state index contributed by atoms with van der Waals surface area (Å²) < 4.78 is 6.82. The molecular weight excluding hydrogens is 452 g/mol. The summed E-state index contributed by atoms with van der Waals surface area (Å²) in [5.41, 5.74) is 4.98. The van der Waals surface area contributed by atoms with Gasteiger partial charge in [0.25, 0.3) is 5.56 Å². The molecule has 0 amide bonds. The van der Waals surface area contributed by atoms with Crippen molar-refractivity contribution >= 4 is 17.3 Å². The summed E-state index contributed by atoms with van der Waals surface area (Å²) in [6.07, 6.45) is 1.64. The van der Waals surface area contributed by atoms with Crippen molar-refractivity contribution in [3.8, 4) is 39.3 Å². The fourth-order valence-electron chi connectivity index (χ4n) is 4.33. The predicted molar refractivity (Wildman–Crippen MR) is 141 cm³/mol. The van der Waals surface area contributed by atoms with E-state index in [0.717, 1.165) is 22.4 Å². The van der Waals surface area contributed by atoms with E-state index in [4.69, 9.17) is 9.72 Å². The second kappa shape index (κ2) is 8.92. The molecule has 3 N–H and O–H groups in total. The Morgan fingerprint density at radius 1 is 0.806 bits per heavy atom. The summed E-state index contributed by atoms with van der Waals surface area (Å²) in [6, 6.07) is 29.0. The van der Waals surface area contributed by atoms with Gasteiger partial charge in [0.1, 0.15) is 17.4 Å². The average Bonchev–Trinajstić information content (AvgIpc) is 3.58. The van der Waals surface area contributed by atoms with Gasteiger partial charge in [0, 0.05) is 11.6 Å². The number of nitrogens with one attached hydrogen (secondary N) is 3. The van der Waals surface area contributed by atoms with Crippen LogP contribution in [0.3, 0.4) is 0 Å². The normalized spacial score (nSPS) is 11.0. The van der Waals surface area contributed by atoms with Gasteiger partial charge in [-0.1, -0.05) is 72.8 Å². The van der Waals surface area contributed by atoms with E-state index in [9.17, 15) is 4.79 Å². The number of rotatable bonds is 6. The summed E-state index contributed by atoms with van der Waals surface area (Å²) >= 11 is 0. The Hall–Kier alpha value is -5.11. The summed E-state index contributed by atoms with van der Waals surface area (Å²) in [4.78, 5) is 19.0. The molecular formula is C28H22N6O2. The van der Waals surface area contributed by atoms with E-state index < -0.39 is 0 Å². The number of methoxy groups -OCH3 is 1. The zero-order valence-corrected chi connectivity index (χ0v) is 19.4. The molecule has 0 saturated heterocycles. The van der Waals surface area contributed by atoms with E-state index in [0.29, 0.717) is 34.2 Å². The van der Waals surface area contributed by atoms with Crippen LogP contribution >= 0.6 is 0 Å². The lowest BCUT2D eigenvalue weighted by molar-refractivity contribution is 0.415. The molecule has 3 aromatic carbocycles. The summed E-state index contributed by atoms with van der Waals surface area (Å²) in [5.74, 6) is 1.75. The second-order valence-electron chi connectivity index (χ2n) is 8.22. The lowest BCUT2D eigenvalue weighted by atomic mass is 10.0. The minimum absolute atomic E-state index is 0.230. The molecule has 0 aliphatic heterocycles. The number of fused-ring (bicyclic) bond motifs is 1. The van der Waals surface area contributed by atoms with Crippen LogP contribution in [-0.2, 0) is 0 Å². The molecule has 0 aliphatic carbocycles. The Balaban J connectivity index is 1.67. The van der Waals surface area contributed by atoms with E-state index in [1.54, 1.807) is 19.4 Å². The largest absolute Gasteiger partial charge is 0.497 e. The Morgan fingerprint density at radius 2 is 1.47 bits per heavy atom. The molecule has 6 aromatic rings. The van der Waals surface area contributed by atoms with Gasteiger partial charge in [-0.05, 0) is 23.3 Å². The molecule has 0 fully saturated rings. The fraction of sp³-hybridized carbons (Fsp3) is 0.0357. The quantitative estimate of drug-likeness (QED) is 0.296. The standard InChI is InChI=1S/C28H22N6O2/c1-36-21-14-12-19(13-15-21)24-26(30-22-16-17-29-32-22)31-27-23(18-8-4-2-5-9-18)25(33-34(27)28(24)35)20-10-6-3-7-11-20/h2-17,33H,1H3,(H2,29,30,32). The van der Waals surface area contributed by atoms with Gasteiger partial charge < -0.3 is 10.1 Å². The maximum atomic E-state index is 14.1. The Bertz CT molecular complexity index is 1690. The maximum Gasteiger partial charge on any atom is 0.282 e. The summed E-state index contributed by atoms with van der Waals surface area (Å²) in [7, 11) is 1.61. The van der Waals surface area contributed by atoms with Crippen molar-refractivity contribution in [3.05, 3.63) is 108 Å². The van der Waals surface area contributed by atoms with Crippen molar-refractivity contribution < 1.29 is 4.74 Å². The number of anilines is 2. The SMILES string of the molecule is COc1ccc(-c2c(Nc3ccn[nH]3)nc3c(-c4ccccc4)c(-c4ccccc4)[nH]n3c2=O)cc1. The average molecular weight is 475 g/mol. The number of nitrogens with zero attached hydrogens (tertiary/aromatic N) is 3. The molecule has 36 heavy (non-hydrogen) atoms. The first-order valence-corrected chi connectivity index (χ1v) is 11.4. The van der Waals surface area contributed by atoms with Crippen LogP contribution in [0.15, 0.2) is 102 Å². The molecule has 3 aromatic heterocycles. The second-order valence-corrected chi connectivity index (χ2v) is 8.22. The lowest BCUT2D eigenvalue weighted by Crippen LogP contribution is -2.19. The number of aromatic nitrogens is 5. The van der Waals surface area contributed by atoms with Gasteiger partial charge in [-0.3, -0.25) is 15.0 Å². The number of hydrogen-bond acceptors (Lipinski definition) is 5. The fourth-order valence-corrected chi connectivity index (χ4v) is 4.33. The van der Waals surface area contributed by atoms with Crippen LogP contribution in [0.2, 0.25) is 0 Å². The van der Waals surface area contributed by atoms with E-state index in [1.165, 1.54) is 4.52 Å². The number of H-pyrrole nitrogens is 2. The Kier molecular flexibility index (Phi) is 5.31. The third-order valence-electron chi connectivity index (χ3n) is 6.04. The minimum Gasteiger partial charge on any atom is -0.497 e. The van der Waals surface area contributed by atoms with Crippen molar-refractivity contribution in [3.63, 3.8) is 0 Å². The molecule has 0 aliphatic rings. The molecule has 0 bridgehead atoms. The van der Waals surface area contributed by atoms with Crippen LogP contribution in [0.25, 0.3) is 39.2 Å². The first-order valence-electron chi connectivity index (χ1n) is 11.4. The molecule has 176 valence electrons. The van der Waals surface area contributed by atoms with Crippen LogP contribution in [0.1, 0.15) is 0 Å². The third kappa shape index (κ3) is 3.70. The molecule has 0 unspecified atom stereocenters. The first-order chi connectivity index (χ1) is 17.7. The monoisotopic (exact) mass is 474 g/mol. The minimum atomic E-state index is -0.230. The Labute approximate surface area is 206 Å². The van der Waals surface area contributed by atoms with Gasteiger partial charge in [0.05, 0.1) is 30.1 Å². The zero-order chi connectivity index (χ0) is 24.5. The van der Waals surface area contributed by atoms with Crippen molar-refractivity contribution in [2.75, 3.05) is 12.4 Å². The van der Waals surface area contributed by atoms with Crippen LogP contribution in [0.5, 0.6) is 5.75 Å². The van der Waals surface area contributed by atoms with Gasteiger partial charge in [0.15, 0.2) is 5.65 Å². The number of ether oxygens (including phenoxy) is 1. The molecule has 8 heteroatoms. The molecule has 0 atom stereocenters. The first kappa shape index (κ1) is 21.4. The molecule has 3 heterocycles. The molecule has 6 rings (SSSR count). The molecule has 0 spiro atoms. The maximum absolute atomic E-state index is 14.1. The van der Waals surface area contributed by atoms with Crippen LogP contribution in [0, 0.1) is 0 Å². The van der Waals surface area contributed by atoms with Crippen LogP contribution < -0.4 is 15.6 Å². The summed E-state index contributed by atoms with van der Waals surface area (Å²) in [6.45, 7) is 0. The van der Waals surface area contributed by atoms with Crippen molar-refractivity contribution in [2.45, 2.75) is 0 Å². The Morgan fingerprint density at radius 3 is 2.11 bits per heavy atom. The van der Waals surface area contributed by atoms with E-state index >= 15 is 0 Å². The number of hydrogen-bond donors (Lipinski definition) is 3. The smallest absolute Gasteiger partial charge is 0.282 e. The lowest BCUT2D eigenvalue weighted by Gasteiger charge is -2.11. The van der Waals surface area contributed by atoms with Gasteiger partial charge in [-0.2, -0.15) is 9.61 Å². The van der Waals surface area contributed by atoms with E-state index in [1.807, 2.05) is 84.9 Å². The number of benzene rings is 3. The highest BCUT2D eigenvalue weighted by Gasteiger charge is 2.23. The highest BCUT2D eigenvalue weighted by molar-refractivity contribution is 5.92.